The Morgan fingerprint density at radius 2 is 1.89 bits per heavy atom. The number of nitrogens with zero attached hydrogens (tertiary/aromatic N) is 4. The maximum atomic E-state index is 13.4. The lowest BCUT2D eigenvalue weighted by atomic mass is 10.2. The minimum absolute atomic E-state index is 0.332. The van der Waals surface area contributed by atoms with Gasteiger partial charge in [-0.15, -0.1) is 0 Å². The van der Waals surface area contributed by atoms with Crippen molar-refractivity contribution in [1.29, 1.82) is 0 Å². The highest BCUT2D eigenvalue weighted by atomic mass is 32.2. The summed E-state index contributed by atoms with van der Waals surface area (Å²) in [7, 11) is 3.44. The molecule has 0 saturated heterocycles. The molecule has 0 N–H and O–H groups in total. The highest BCUT2D eigenvalue weighted by Crippen LogP contribution is 2.26. The average Bonchev–Trinajstić information content (AvgIpc) is 3.22. The van der Waals surface area contributed by atoms with Gasteiger partial charge in [-0.1, -0.05) is 12.1 Å². The van der Waals surface area contributed by atoms with Crippen LogP contribution in [0.25, 0.3) is 0 Å². The zero-order valence-corrected chi connectivity index (χ0v) is 16.8. The molecule has 1 aromatic carbocycles. The third-order valence-corrected chi connectivity index (χ3v) is 4.94. The number of hydrogen-bond donors (Lipinski definition) is 0. The average molecular weight is 407 g/mol. The molecule has 27 heavy (non-hydrogen) atoms. The van der Waals surface area contributed by atoms with Crippen LogP contribution in [0.15, 0.2) is 47.8 Å². The Hall–Kier alpha value is -2.36. The van der Waals surface area contributed by atoms with Crippen LogP contribution in [0.5, 0.6) is 5.75 Å². The molecule has 6 nitrogen and oxygen atoms in total. The van der Waals surface area contributed by atoms with Crippen molar-refractivity contribution < 1.29 is 13.4 Å². The predicted molar refractivity (Wildman–Crippen MR) is 107 cm³/mol. The predicted octanol–water partition coefficient (Wildman–Crippen LogP) is 4.63. The molecule has 0 aliphatic rings. The number of methoxy groups -OCH3 is 1. The van der Waals surface area contributed by atoms with Crippen LogP contribution in [0, 0.1) is 12.7 Å². The summed E-state index contributed by atoms with van der Waals surface area (Å²) >= 11 is 2.44. The molecule has 0 spiro atoms. The Morgan fingerprint density at radius 1 is 1.11 bits per heavy atom. The molecule has 0 atom stereocenters. The molecule has 3 rings (SSSR count). The quantitative estimate of drug-likeness (QED) is 0.307. The minimum atomic E-state index is -0.332. The van der Waals surface area contributed by atoms with Crippen LogP contribution >= 0.6 is 23.8 Å². The van der Waals surface area contributed by atoms with Gasteiger partial charge >= 0.3 is 0 Å². The number of anilines is 2. The summed E-state index contributed by atoms with van der Waals surface area (Å²) in [6, 6.07) is 12.6. The van der Waals surface area contributed by atoms with E-state index in [1.165, 1.54) is 17.6 Å². The van der Waals surface area contributed by atoms with E-state index in [1.54, 1.807) is 36.5 Å². The van der Waals surface area contributed by atoms with Crippen LogP contribution in [0.4, 0.5) is 16.0 Å². The standard InChI is InChI=1S/C18H19FN4O2S2/c1-13-16(19)8-9-17(20-13)22(2)27-25-23(18-10-11-26-21-18)12-14-4-6-15(24-3)7-5-14/h4-11H,12H2,1-3H3. The third kappa shape index (κ3) is 5.09. The van der Waals surface area contributed by atoms with Gasteiger partial charge in [-0.2, -0.15) is 8.66 Å². The lowest BCUT2D eigenvalue weighted by Gasteiger charge is -2.23. The van der Waals surface area contributed by atoms with Gasteiger partial charge in [0.1, 0.15) is 29.6 Å². The molecule has 3 aromatic rings. The molecular weight excluding hydrogens is 387 g/mol. The lowest BCUT2D eigenvalue weighted by molar-refractivity contribution is 0.321. The maximum Gasteiger partial charge on any atom is 0.167 e. The number of aromatic nitrogens is 2. The van der Waals surface area contributed by atoms with Crippen molar-refractivity contribution >= 4 is 35.4 Å². The monoisotopic (exact) mass is 406 g/mol. The molecule has 142 valence electrons. The zero-order valence-electron chi connectivity index (χ0n) is 15.1. The number of halogens is 1. The maximum absolute atomic E-state index is 13.4. The Bertz CT molecular complexity index is 862. The smallest absolute Gasteiger partial charge is 0.167 e. The van der Waals surface area contributed by atoms with E-state index in [9.17, 15) is 4.39 Å². The number of hydroxylamine groups is 1. The second-order valence-corrected chi connectivity index (χ2v) is 7.14. The number of ether oxygens (including phenoxy) is 1. The van der Waals surface area contributed by atoms with Crippen LogP contribution in [-0.4, -0.2) is 23.5 Å². The fourth-order valence-corrected chi connectivity index (χ4v) is 3.20. The summed E-state index contributed by atoms with van der Waals surface area (Å²) in [6.45, 7) is 2.13. The second kappa shape index (κ2) is 9.03. The van der Waals surface area contributed by atoms with E-state index in [2.05, 4.69) is 9.36 Å². The van der Waals surface area contributed by atoms with E-state index >= 15 is 0 Å². The molecule has 0 saturated carbocycles. The van der Waals surface area contributed by atoms with Gasteiger partial charge in [-0.3, -0.25) is 4.31 Å². The van der Waals surface area contributed by atoms with Crippen LogP contribution in [-0.2, 0) is 10.8 Å². The van der Waals surface area contributed by atoms with Gasteiger partial charge in [0.15, 0.2) is 5.82 Å². The van der Waals surface area contributed by atoms with Gasteiger partial charge in [0.2, 0.25) is 0 Å². The van der Waals surface area contributed by atoms with E-state index in [4.69, 9.17) is 9.02 Å². The van der Waals surface area contributed by atoms with Gasteiger partial charge in [0.25, 0.3) is 0 Å². The Balaban J connectivity index is 1.69. The molecule has 9 heteroatoms. The topological polar surface area (TPSA) is 50.7 Å². The van der Waals surface area contributed by atoms with Crippen molar-refractivity contribution in [2.45, 2.75) is 13.5 Å². The first-order valence-electron chi connectivity index (χ1n) is 8.09. The first kappa shape index (κ1) is 19.4. The third-order valence-electron chi connectivity index (χ3n) is 3.73. The first-order chi connectivity index (χ1) is 13.1. The van der Waals surface area contributed by atoms with Crippen molar-refractivity contribution in [2.75, 3.05) is 23.5 Å². The molecular formula is C18H19FN4O2S2. The van der Waals surface area contributed by atoms with Crippen LogP contribution in [0.2, 0.25) is 0 Å². The van der Waals surface area contributed by atoms with Gasteiger partial charge in [0, 0.05) is 12.4 Å². The lowest BCUT2D eigenvalue weighted by Crippen LogP contribution is -2.23. The van der Waals surface area contributed by atoms with Crippen LogP contribution in [0.3, 0.4) is 0 Å². The summed E-state index contributed by atoms with van der Waals surface area (Å²) in [5.41, 5.74) is 1.39. The van der Waals surface area contributed by atoms with E-state index in [1.807, 2.05) is 35.7 Å². The van der Waals surface area contributed by atoms with Crippen molar-refractivity contribution in [3.63, 3.8) is 0 Å². The largest absolute Gasteiger partial charge is 0.497 e. The van der Waals surface area contributed by atoms with Gasteiger partial charge < -0.3 is 4.74 Å². The molecule has 0 unspecified atom stereocenters. The molecule has 0 aliphatic heterocycles. The summed E-state index contributed by atoms with van der Waals surface area (Å²) in [5.74, 6) is 1.77. The van der Waals surface area contributed by atoms with Crippen LogP contribution < -0.4 is 14.1 Å². The summed E-state index contributed by atoms with van der Waals surface area (Å²) in [5, 5.41) is 3.58. The SMILES string of the molecule is COc1ccc(CN(OSN(C)c2ccc(F)c(C)n2)c2ccsn2)cc1. The zero-order chi connectivity index (χ0) is 19.2. The van der Waals surface area contributed by atoms with Gasteiger partial charge in [-0.05, 0) is 54.4 Å². The Morgan fingerprint density at radius 3 is 2.52 bits per heavy atom. The number of aryl methyl sites for hydroxylation is 1. The van der Waals surface area contributed by atoms with Crippen molar-refractivity contribution in [2.24, 2.45) is 0 Å². The van der Waals surface area contributed by atoms with E-state index in [-0.39, 0.29) is 5.82 Å². The molecule has 0 aliphatic carbocycles. The molecule has 2 aromatic heterocycles. The Labute approximate surface area is 166 Å². The minimum Gasteiger partial charge on any atom is -0.497 e. The summed E-state index contributed by atoms with van der Waals surface area (Å²) < 4.78 is 30.6. The van der Waals surface area contributed by atoms with E-state index < -0.39 is 0 Å². The van der Waals surface area contributed by atoms with E-state index in [0.717, 1.165) is 23.5 Å². The fraction of sp³-hybridized carbons (Fsp3) is 0.222. The summed E-state index contributed by atoms with van der Waals surface area (Å²) in [4.78, 5) is 4.22. The number of benzene rings is 1. The van der Waals surface area contributed by atoms with Crippen molar-refractivity contribution in [3.05, 3.63) is 64.9 Å². The fourth-order valence-electron chi connectivity index (χ4n) is 2.21. The number of hydrogen-bond acceptors (Lipinski definition) is 8. The molecule has 0 radical (unpaired) electrons. The first-order valence-corrected chi connectivity index (χ1v) is 9.63. The van der Waals surface area contributed by atoms with Crippen molar-refractivity contribution in [1.82, 2.24) is 9.36 Å². The molecule has 0 amide bonds. The normalized spacial score (nSPS) is 10.7. The van der Waals surface area contributed by atoms with Crippen molar-refractivity contribution in [3.8, 4) is 5.75 Å². The van der Waals surface area contributed by atoms with Crippen LogP contribution in [0.1, 0.15) is 11.3 Å². The second-order valence-electron chi connectivity index (χ2n) is 5.63. The highest BCUT2D eigenvalue weighted by molar-refractivity contribution is 7.96. The highest BCUT2D eigenvalue weighted by Gasteiger charge is 2.15. The van der Waals surface area contributed by atoms with Gasteiger partial charge in [0.05, 0.1) is 19.3 Å². The van der Waals surface area contributed by atoms with Gasteiger partial charge in [-0.25, -0.2) is 14.4 Å². The number of rotatable bonds is 8. The number of pyridine rings is 1. The summed E-state index contributed by atoms with van der Waals surface area (Å²) in [6.07, 6.45) is 0. The Kier molecular flexibility index (Phi) is 6.49. The molecule has 0 bridgehead atoms. The molecule has 2 heterocycles. The molecule has 0 fully saturated rings. The van der Waals surface area contributed by atoms with E-state index in [0.29, 0.717) is 23.9 Å².